The van der Waals surface area contributed by atoms with Gasteiger partial charge in [0.2, 0.25) is 5.91 Å². The van der Waals surface area contributed by atoms with E-state index >= 15 is 0 Å². The molecule has 1 aromatic carbocycles. The van der Waals surface area contributed by atoms with Gasteiger partial charge in [-0.1, -0.05) is 12.1 Å². The Kier molecular flexibility index (Phi) is 4.27. The molecule has 3 rings (SSSR count). The molecule has 128 valence electrons. The summed E-state index contributed by atoms with van der Waals surface area (Å²) in [7, 11) is 0. The summed E-state index contributed by atoms with van der Waals surface area (Å²) in [6.45, 7) is 5.68. The number of carbonyl (C=O) groups is 2. The summed E-state index contributed by atoms with van der Waals surface area (Å²) in [5.41, 5.74) is 4.97. The number of aromatic carboxylic acids is 1. The molecular formula is C19H19N3O3. The van der Waals surface area contributed by atoms with Crippen molar-refractivity contribution in [2.45, 2.75) is 27.2 Å². The van der Waals surface area contributed by atoms with Crippen molar-refractivity contribution in [3.05, 3.63) is 64.6 Å². The molecule has 25 heavy (non-hydrogen) atoms. The van der Waals surface area contributed by atoms with E-state index in [2.05, 4.69) is 10.3 Å². The lowest BCUT2D eigenvalue weighted by atomic mass is 10.1. The molecule has 2 heterocycles. The van der Waals surface area contributed by atoms with Crippen molar-refractivity contribution in [2.24, 2.45) is 0 Å². The summed E-state index contributed by atoms with van der Waals surface area (Å²) in [5.74, 6) is -1.24. The molecule has 6 nitrogen and oxygen atoms in total. The molecule has 0 bridgehead atoms. The van der Waals surface area contributed by atoms with Gasteiger partial charge in [-0.05, 0) is 50.1 Å². The van der Waals surface area contributed by atoms with Gasteiger partial charge in [-0.3, -0.25) is 4.79 Å². The van der Waals surface area contributed by atoms with Gasteiger partial charge >= 0.3 is 5.97 Å². The van der Waals surface area contributed by atoms with Crippen LogP contribution in [0.4, 0.5) is 5.69 Å². The molecule has 2 N–H and O–H groups in total. The predicted octanol–water partition coefficient (Wildman–Crippen LogP) is 3.14. The number of amides is 1. The number of anilines is 1. The third-order valence-corrected chi connectivity index (χ3v) is 4.23. The van der Waals surface area contributed by atoms with E-state index in [1.165, 1.54) is 12.1 Å². The Bertz CT molecular complexity index is 989. The van der Waals surface area contributed by atoms with E-state index < -0.39 is 5.97 Å². The van der Waals surface area contributed by atoms with Gasteiger partial charge in [-0.25, -0.2) is 9.78 Å². The van der Waals surface area contributed by atoms with E-state index in [0.29, 0.717) is 5.69 Å². The predicted molar refractivity (Wildman–Crippen MR) is 95.1 cm³/mol. The van der Waals surface area contributed by atoms with Crippen LogP contribution in [0.25, 0.3) is 5.65 Å². The normalized spacial score (nSPS) is 10.8. The fraction of sp³-hybridized carbons (Fsp3) is 0.211. The molecule has 0 aliphatic heterocycles. The van der Waals surface area contributed by atoms with Gasteiger partial charge in [0.05, 0.1) is 23.4 Å². The molecule has 0 unspecified atom stereocenters. The van der Waals surface area contributed by atoms with Gasteiger partial charge in [0, 0.05) is 11.9 Å². The number of hydrogen-bond donors (Lipinski definition) is 2. The Morgan fingerprint density at radius 2 is 1.92 bits per heavy atom. The third kappa shape index (κ3) is 3.24. The Hall–Kier alpha value is -3.15. The molecule has 0 radical (unpaired) electrons. The van der Waals surface area contributed by atoms with E-state index in [-0.39, 0.29) is 17.9 Å². The minimum absolute atomic E-state index is 0.141. The minimum Gasteiger partial charge on any atom is -0.478 e. The maximum absolute atomic E-state index is 12.5. The Balaban J connectivity index is 1.87. The first kappa shape index (κ1) is 16.7. The fourth-order valence-corrected chi connectivity index (χ4v) is 2.82. The van der Waals surface area contributed by atoms with Gasteiger partial charge in [-0.15, -0.1) is 0 Å². The zero-order chi connectivity index (χ0) is 18.1. The van der Waals surface area contributed by atoms with Crippen LogP contribution in [0.5, 0.6) is 0 Å². The number of nitrogens with one attached hydrogen (secondary N) is 1. The van der Waals surface area contributed by atoms with Gasteiger partial charge in [-0.2, -0.15) is 0 Å². The van der Waals surface area contributed by atoms with Crippen LogP contribution in [0, 0.1) is 20.8 Å². The van der Waals surface area contributed by atoms with Crippen molar-refractivity contribution in [3.8, 4) is 0 Å². The first-order valence-electron chi connectivity index (χ1n) is 7.93. The number of fused-ring (bicyclic) bond motifs is 1. The number of rotatable bonds is 4. The zero-order valence-electron chi connectivity index (χ0n) is 14.3. The van der Waals surface area contributed by atoms with Gasteiger partial charge in [0.15, 0.2) is 0 Å². The maximum Gasteiger partial charge on any atom is 0.335 e. The number of benzene rings is 1. The number of carboxylic acids is 1. The van der Waals surface area contributed by atoms with Gasteiger partial charge in [0.1, 0.15) is 5.65 Å². The molecule has 0 aliphatic carbocycles. The van der Waals surface area contributed by atoms with Crippen LogP contribution in [-0.4, -0.2) is 26.4 Å². The largest absolute Gasteiger partial charge is 0.478 e. The highest BCUT2D eigenvalue weighted by molar-refractivity contribution is 5.95. The third-order valence-electron chi connectivity index (χ3n) is 4.23. The Labute approximate surface area is 145 Å². The van der Waals surface area contributed by atoms with Crippen LogP contribution in [-0.2, 0) is 11.2 Å². The number of carbonyl (C=O) groups excluding carboxylic acids is 1. The molecule has 2 aromatic heterocycles. The number of pyridine rings is 1. The molecule has 0 atom stereocenters. The highest BCUT2D eigenvalue weighted by atomic mass is 16.4. The lowest BCUT2D eigenvalue weighted by Crippen LogP contribution is -2.17. The van der Waals surface area contributed by atoms with E-state index in [0.717, 1.165) is 28.2 Å². The van der Waals surface area contributed by atoms with Gasteiger partial charge < -0.3 is 14.8 Å². The topological polar surface area (TPSA) is 83.7 Å². The van der Waals surface area contributed by atoms with Crippen LogP contribution in [0.15, 0.2) is 36.5 Å². The summed E-state index contributed by atoms with van der Waals surface area (Å²) < 4.78 is 1.92. The molecule has 0 spiro atoms. The highest BCUT2D eigenvalue weighted by Crippen LogP contribution is 2.19. The quantitative estimate of drug-likeness (QED) is 0.766. The standard InChI is InChI=1S/C19H19N3O3/c1-11-6-7-14(19(24)25)9-15(11)21-17(23)10-16-13(3)20-18-12(2)5-4-8-22(16)18/h4-9H,10H2,1-3H3,(H,21,23)(H,24,25). The first-order chi connectivity index (χ1) is 11.9. The van der Waals surface area contributed by atoms with E-state index in [4.69, 9.17) is 5.11 Å². The maximum atomic E-state index is 12.5. The molecule has 1 amide bonds. The summed E-state index contributed by atoms with van der Waals surface area (Å²) in [5, 5.41) is 11.9. The van der Waals surface area contributed by atoms with Crippen molar-refractivity contribution >= 4 is 23.2 Å². The Morgan fingerprint density at radius 1 is 1.16 bits per heavy atom. The lowest BCUT2D eigenvalue weighted by molar-refractivity contribution is -0.115. The monoisotopic (exact) mass is 337 g/mol. The highest BCUT2D eigenvalue weighted by Gasteiger charge is 2.15. The number of nitrogens with zero attached hydrogens (tertiary/aromatic N) is 2. The summed E-state index contributed by atoms with van der Waals surface area (Å²) in [6, 6.07) is 8.57. The fourth-order valence-electron chi connectivity index (χ4n) is 2.82. The Morgan fingerprint density at radius 3 is 2.64 bits per heavy atom. The summed E-state index contributed by atoms with van der Waals surface area (Å²) in [4.78, 5) is 28.1. The van der Waals surface area contributed by atoms with E-state index in [9.17, 15) is 9.59 Å². The molecule has 6 heteroatoms. The van der Waals surface area contributed by atoms with Crippen molar-refractivity contribution in [1.82, 2.24) is 9.38 Å². The van der Waals surface area contributed by atoms with E-state index in [1.807, 2.05) is 43.5 Å². The SMILES string of the molecule is Cc1ccc(C(=O)O)cc1NC(=O)Cc1c(C)nc2c(C)cccn12. The molecule has 0 saturated carbocycles. The number of imidazole rings is 1. The van der Waals surface area contributed by atoms with Crippen molar-refractivity contribution in [1.29, 1.82) is 0 Å². The van der Waals surface area contributed by atoms with Crippen LogP contribution >= 0.6 is 0 Å². The molecule has 0 fully saturated rings. The zero-order valence-corrected chi connectivity index (χ0v) is 14.3. The van der Waals surface area contributed by atoms with Crippen molar-refractivity contribution in [2.75, 3.05) is 5.32 Å². The van der Waals surface area contributed by atoms with Crippen LogP contribution < -0.4 is 5.32 Å². The second kappa shape index (κ2) is 6.39. The molecule has 3 aromatic rings. The number of carboxylic acid groups (broad SMARTS) is 1. The number of aromatic nitrogens is 2. The second-order valence-corrected chi connectivity index (χ2v) is 6.09. The first-order valence-corrected chi connectivity index (χ1v) is 7.93. The average molecular weight is 337 g/mol. The summed E-state index contributed by atoms with van der Waals surface area (Å²) >= 11 is 0. The smallest absolute Gasteiger partial charge is 0.335 e. The summed E-state index contributed by atoms with van der Waals surface area (Å²) in [6.07, 6.45) is 2.05. The molecule has 0 aliphatic rings. The lowest BCUT2D eigenvalue weighted by Gasteiger charge is -2.10. The van der Waals surface area contributed by atoms with Crippen LogP contribution in [0.3, 0.4) is 0 Å². The van der Waals surface area contributed by atoms with Crippen molar-refractivity contribution < 1.29 is 14.7 Å². The molecule has 0 saturated heterocycles. The number of aryl methyl sites for hydroxylation is 3. The van der Waals surface area contributed by atoms with Crippen molar-refractivity contribution in [3.63, 3.8) is 0 Å². The average Bonchev–Trinajstić information content (AvgIpc) is 2.87. The van der Waals surface area contributed by atoms with Crippen LogP contribution in [0.2, 0.25) is 0 Å². The number of hydrogen-bond acceptors (Lipinski definition) is 3. The second-order valence-electron chi connectivity index (χ2n) is 6.09. The van der Waals surface area contributed by atoms with Gasteiger partial charge in [0.25, 0.3) is 0 Å². The van der Waals surface area contributed by atoms with Crippen LogP contribution in [0.1, 0.15) is 32.9 Å². The molecular weight excluding hydrogens is 318 g/mol. The van der Waals surface area contributed by atoms with E-state index in [1.54, 1.807) is 6.07 Å². The minimum atomic E-state index is -1.02.